The summed E-state index contributed by atoms with van der Waals surface area (Å²) in [7, 11) is 0. The molecule has 1 aromatic carbocycles. The van der Waals surface area contributed by atoms with Gasteiger partial charge >= 0.3 is 5.97 Å². The molecular weight excluding hydrogens is 636 g/mol. The average molecular weight is 685 g/mol. The van der Waals surface area contributed by atoms with Crippen molar-refractivity contribution in [1.29, 1.82) is 0 Å². The van der Waals surface area contributed by atoms with Crippen molar-refractivity contribution in [3.63, 3.8) is 0 Å². The Morgan fingerprint density at radius 1 is 1.02 bits per heavy atom. The van der Waals surface area contributed by atoms with E-state index >= 15 is 0 Å². The summed E-state index contributed by atoms with van der Waals surface area (Å²) >= 11 is 0. The fourth-order valence-corrected chi connectivity index (χ4v) is 7.19. The lowest BCUT2D eigenvalue weighted by molar-refractivity contribution is -0.147. The highest BCUT2D eigenvalue weighted by atomic mass is 16.4. The number of likely N-dealkylation sites (tertiary alicyclic amines) is 1. The number of phenols is 1. The highest BCUT2D eigenvalue weighted by molar-refractivity contribution is 5.97. The van der Waals surface area contributed by atoms with Crippen molar-refractivity contribution in [2.75, 3.05) is 6.54 Å². The molecule has 5 amide bonds. The lowest BCUT2D eigenvalue weighted by Gasteiger charge is -2.39. The molecule has 0 aromatic heterocycles. The van der Waals surface area contributed by atoms with E-state index in [4.69, 9.17) is 11.5 Å². The number of aromatic hydroxyl groups is 1. The Bertz CT molecular complexity index is 1430. The molecule has 8 N–H and O–H groups in total. The smallest absolute Gasteiger partial charge is 0.303 e. The number of piperidine rings is 1. The normalized spacial score (nSPS) is 23.9. The van der Waals surface area contributed by atoms with Gasteiger partial charge in [-0.3, -0.25) is 33.6 Å². The Hall–Kier alpha value is -4.53. The molecule has 49 heavy (non-hydrogen) atoms. The van der Waals surface area contributed by atoms with E-state index in [1.165, 1.54) is 21.9 Å². The van der Waals surface area contributed by atoms with Crippen molar-refractivity contribution in [1.82, 2.24) is 20.4 Å². The molecule has 0 bridgehead atoms. The largest absolute Gasteiger partial charge is 0.508 e. The molecule has 3 heterocycles. The number of ketones is 1. The van der Waals surface area contributed by atoms with Gasteiger partial charge in [0.15, 0.2) is 5.78 Å². The lowest BCUT2D eigenvalue weighted by atomic mass is 9.89. The summed E-state index contributed by atoms with van der Waals surface area (Å²) in [6.45, 7) is 3.93. The van der Waals surface area contributed by atoms with Gasteiger partial charge in [0.2, 0.25) is 29.5 Å². The van der Waals surface area contributed by atoms with Gasteiger partial charge in [0.25, 0.3) is 0 Å². The van der Waals surface area contributed by atoms with Crippen LogP contribution in [0.25, 0.3) is 0 Å². The van der Waals surface area contributed by atoms with E-state index in [1.54, 1.807) is 12.1 Å². The highest BCUT2D eigenvalue weighted by Gasteiger charge is 2.48. The second-order valence-electron chi connectivity index (χ2n) is 13.9. The summed E-state index contributed by atoms with van der Waals surface area (Å²) in [5, 5.41) is 24.4. The Morgan fingerprint density at radius 2 is 1.69 bits per heavy atom. The van der Waals surface area contributed by atoms with Crippen LogP contribution in [-0.2, 0) is 40.0 Å². The van der Waals surface area contributed by atoms with Crippen molar-refractivity contribution in [2.24, 2.45) is 23.3 Å². The SMILES string of the molecule is CC(C)C[C@@H](CC(=O)[C@@H](CCC(=O)O)NC(=O)[C@H]1CC[C@H]2CC[C@@H](NC(=O)[C@@H](Cc3ccc(O)cc3)N3C[C@@H](N)CC3=O)C(=O)N21)C(N)=O. The van der Waals surface area contributed by atoms with Crippen LogP contribution in [0.5, 0.6) is 5.75 Å². The van der Waals surface area contributed by atoms with Crippen LogP contribution >= 0.6 is 0 Å². The second kappa shape index (κ2) is 16.2. The molecule has 3 saturated heterocycles. The first-order chi connectivity index (χ1) is 23.1. The number of aliphatic carboxylic acids is 1. The average Bonchev–Trinajstić information content (AvgIpc) is 3.62. The van der Waals surface area contributed by atoms with E-state index in [2.05, 4.69) is 10.6 Å². The first-order valence-electron chi connectivity index (χ1n) is 16.9. The molecule has 3 aliphatic heterocycles. The highest BCUT2D eigenvalue weighted by Crippen LogP contribution is 2.33. The zero-order chi connectivity index (χ0) is 36.0. The molecule has 0 aliphatic carbocycles. The fraction of sp³-hybridized carbons (Fsp3) is 0.618. The van der Waals surface area contributed by atoms with E-state index in [9.17, 15) is 43.8 Å². The number of primary amides is 1. The number of nitrogens with zero attached hydrogens (tertiary/aromatic N) is 2. The number of phenolic OH excluding ortho intramolecular Hbond substituents is 1. The fourth-order valence-electron chi connectivity index (χ4n) is 7.19. The zero-order valence-corrected chi connectivity index (χ0v) is 28.0. The molecule has 15 heteroatoms. The molecule has 3 aliphatic rings. The molecular formula is C34H48N6O9. The predicted octanol–water partition coefficient (Wildman–Crippen LogP) is -0.0425. The minimum absolute atomic E-state index is 0.0501. The molecule has 15 nitrogen and oxygen atoms in total. The number of amides is 5. The van der Waals surface area contributed by atoms with Crippen molar-refractivity contribution in [3.05, 3.63) is 29.8 Å². The number of nitrogens with two attached hydrogens (primary N) is 2. The molecule has 268 valence electrons. The molecule has 1 aromatic rings. The molecule has 0 unspecified atom stereocenters. The Kier molecular flexibility index (Phi) is 12.4. The van der Waals surface area contributed by atoms with Crippen molar-refractivity contribution in [2.45, 2.75) is 114 Å². The number of carboxylic acids is 1. The summed E-state index contributed by atoms with van der Waals surface area (Å²) in [5.41, 5.74) is 12.2. The summed E-state index contributed by atoms with van der Waals surface area (Å²) in [4.78, 5) is 93.6. The van der Waals surface area contributed by atoms with Crippen molar-refractivity contribution < 1.29 is 43.8 Å². The number of benzene rings is 1. The van der Waals surface area contributed by atoms with Gasteiger partial charge in [-0.15, -0.1) is 0 Å². The molecule has 7 atom stereocenters. The topological polar surface area (TPSA) is 243 Å². The third kappa shape index (κ3) is 9.55. The van der Waals surface area contributed by atoms with Crippen LogP contribution in [-0.4, -0.2) is 104 Å². The van der Waals surface area contributed by atoms with E-state index in [0.29, 0.717) is 37.7 Å². The first kappa shape index (κ1) is 37.3. The van der Waals surface area contributed by atoms with Crippen LogP contribution in [0.3, 0.4) is 0 Å². The summed E-state index contributed by atoms with van der Waals surface area (Å²) in [6.07, 6.45) is 1.39. The number of hydrogen-bond acceptors (Lipinski definition) is 9. The predicted molar refractivity (Wildman–Crippen MR) is 175 cm³/mol. The quantitative estimate of drug-likeness (QED) is 0.136. The number of rotatable bonds is 16. The molecule has 0 radical (unpaired) electrons. The Balaban J connectivity index is 1.47. The van der Waals surface area contributed by atoms with Gasteiger partial charge in [0.1, 0.15) is 23.9 Å². The molecule has 3 fully saturated rings. The standard InChI is InChI=1S/C34H48N6O9/c1-18(2)13-20(31(36)46)15-28(42)24(10-12-30(44)45)37-32(47)26-11-6-22-5-9-25(34(49)40(22)26)38-33(48)27(39-17-21(35)16-29(39)43)14-19-3-7-23(41)8-4-19/h3-4,7-8,18,20-22,24-27,41H,5-6,9-17,35H2,1-2H3,(H2,36,46)(H,37,47)(H,38,48)(H,44,45)/t20-,21-,22+,24+,25+,26+,27+/m0/s1. The Morgan fingerprint density at radius 3 is 2.29 bits per heavy atom. The van der Waals surface area contributed by atoms with E-state index in [0.717, 1.165) is 0 Å². The van der Waals surface area contributed by atoms with Crippen LogP contribution in [0.4, 0.5) is 0 Å². The van der Waals surface area contributed by atoms with Gasteiger partial charge in [-0.2, -0.15) is 0 Å². The van der Waals surface area contributed by atoms with Gasteiger partial charge in [0.05, 0.1) is 6.04 Å². The summed E-state index contributed by atoms with van der Waals surface area (Å²) < 4.78 is 0. The molecule has 0 saturated carbocycles. The number of fused-ring (bicyclic) bond motifs is 1. The number of carbonyl (C=O) groups is 7. The maximum atomic E-state index is 13.9. The third-order valence-corrected chi connectivity index (χ3v) is 9.65. The molecule has 0 spiro atoms. The third-order valence-electron chi connectivity index (χ3n) is 9.65. The van der Waals surface area contributed by atoms with Crippen molar-refractivity contribution in [3.8, 4) is 5.75 Å². The number of nitrogens with one attached hydrogen (secondary N) is 2. The number of carbonyl (C=O) groups excluding carboxylic acids is 6. The van der Waals surface area contributed by atoms with E-state index in [1.807, 2.05) is 13.8 Å². The van der Waals surface area contributed by atoms with Gasteiger partial charge in [-0.1, -0.05) is 26.0 Å². The number of carboxylic acid groups (broad SMARTS) is 1. The summed E-state index contributed by atoms with van der Waals surface area (Å²) in [6, 6.07) is 1.46. The zero-order valence-electron chi connectivity index (χ0n) is 28.0. The van der Waals surface area contributed by atoms with Gasteiger partial charge in [0, 0.05) is 50.2 Å². The van der Waals surface area contributed by atoms with Crippen LogP contribution in [0.15, 0.2) is 24.3 Å². The van der Waals surface area contributed by atoms with E-state index < -0.39 is 77.9 Å². The maximum absolute atomic E-state index is 13.9. The maximum Gasteiger partial charge on any atom is 0.303 e. The van der Waals surface area contributed by atoms with Crippen LogP contribution in [0.2, 0.25) is 0 Å². The minimum atomic E-state index is -1.20. The van der Waals surface area contributed by atoms with Crippen LogP contribution in [0.1, 0.15) is 77.2 Å². The minimum Gasteiger partial charge on any atom is -0.508 e. The number of hydrogen-bond donors (Lipinski definition) is 6. The second-order valence-corrected chi connectivity index (χ2v) is 13.9. The summed E-state index contributed by atoms with van der Waals surface area (Å²) in [5.74, 6) is -4.89. The van der Waals surface area contributed by atoms with Gasteiger partial charge in [-0.25, -0.2) is 0 Å². The van der Waals surface area contributed by atoms with Gasteiger partial charge in [-0.05, 0) is 62.1 Å². The monoisotopic (exact) mass is 684 g/mol. The van der Waals surface area contributed by atoms with E-state index in [-0.39, 0.29) is 55.8 Å². The number of Topliss-reactive ketones (excluding diaryl/α,β-unsaturated/α-hetero) is 1. The lowest BCUT2D eigenvalue weighted by Crippen LogP contribution is -2.61. The van der Waals surface area contributed by atoms with Crippen LogP contribution in [0, 0.1) is 11.8 Å². The van der Waals surface area contributed by atoms with Gasteiger partial charge < -0.3 is 42.1 Å². The molecule has 4 rings (SSSR count). The first-order valence-corrected chi connectivity index (χ1v) is 16.9. The van der Waals surface area contributed by atoms with Crippen molar-refractivity contribution >= 4 is 41.3 Å². The van der Waals surface area contributed by atoms with Crippen LogP contribution < -0.4 is 22.1 Å². The Labute approximate surface area is 285 Å².